The number of alkyl halides is 1. The number of halogens is 1. The zero-order chi connectivity index (χ0) is 19.4. The van der Waals surface area contributed by atoms with E-state index >= 15 is 0 Å². The smallest absolute Gasteiger partial charge is 0.328 e. The van der Waals surface area contributed by atoms with Crippen molar-refractivity contribution in [3.63, 3.8) is 0 Å². The summed E-state index contributed by atoms with van der Waals surface area (Å²) >= 11 is 1.84. The molecule has 0 bridgehead atoms. The van der Waals surface area contributed by atoms with Crippen LogP contribution in [-0.2, 0) is 19.2 Å². The van der Waals surface area contributed by atoms with E-state index in [1.54, 1.807) is 0 Å². The highest BCUT2D eigenvalue weighted by atomic mass is 127. The molecule has 9 nitrogen and oxygen atoms in total. The van der Waals surface area contributed by atoms with Gasteiger partial charge in [0.2, 0.25) is 17.7 Å². The molecular formula is C15H27IN4O5. The number of hydrogen-bond acceptors (Lipinski definition) is 5. The van der Waals surface area contributed by atoms with Crippen molar-refractivity contribution in [2.24, 2.45) is 5.73 Å². The molecular weight excluding hydrogens is 443 g/mol. The number of nitrogens with two attached hydrogens (primary N) is 1. The number of amides is 3. The average molecular weight is 470 g/mol. The second-order valence-electron chi connectivity index (χ2n) is 5.58. The maximum Gasteiger partial charge on any atom is 0.328 e. The van der Waals surface area contributed by atoms with Crippen LogP contribution in [0.1, 0.15) is 39.5 Å². The van der Waals surface area contributed by atoms with E-state index in [1.165, 1.54) is 0 Å². The van der Waals surface area contributed by atoms with Gasteiger partial charge in [-0.3, -0.25) is 14.4 Å². The average Bonchev–Trinajstić information content (AvgIpc) is 2.57. The molecule has 0 unspecified atom stereocenters. The minimum Gasteiger partial charge on any atom is -0.480 e. The van der Waals surface area contributed by atoms with Gasteiger partial charge < -0.3 is 26.8 Å². The predicted molar refractivity (Wildman–Crippen MR) is 101 cm³/mol. The number of rotatable bonds is 12. The molecule has 3 atom stereocenters. The second kappa shape index (κ2) is 12.9. The van der Waals surface area contributed by atoms with Crippen LogP contribution in [-0.4, -0.2) is 57.9 Å². The van der Waals surface area contributed by atoms with Crippen LogP contribution in [0.15, 0.2) is 0 Å². The summed E-state index contributed by atoms with van der Waals surface area (Å²) in [6.45, 7) is 3.50. The summed E-state index contributed by atoms with van der Waals surface area (Å²) in [6.07, 6.45) is 2.19. The van der Waals surface area contributed by atoms with Crippen LogP contribution in [0.3, 0.4) is 0 Å². The highest BCUT2D eigenvalue weighted by molar-refractivity contribution is 14.1. The van der Waals surface area contributed by atoms with E-state index in [4.69, 9.17) is 5.73 Å². The molecule has 3 amide bonds. The Morgan fingerprint density at radius 3 is 2.04 bits per heavy atom. The monoisotopic (exact) mass is 470 g/mol. The van der Waals surface area contributed by atoms with Gasteiger partial charge in [0.15, 0.2) is 0 Å². The Hall–Kier alpha value is -1.43. The zero-order valence-electron chi connectivity index (χ0n) is 14.5. The Balaban J connectivity index is 4.84. The number of aliphatic carboxylic acids is 1. The first-order valence-corrected chi connectivity index (χ1v) is 9.71. The molecule has 0 saturated carbocycles. The molecule has 0 aliphatic rings. The maximum absolute atomic E-state index is 12.3. The molecule has 0 aromatic carbocycles. The second-order valence-corrected chi connectivity index (χ2v) is 6.34. The fourth-order valence-electron chi connectivity index (χ4n) is 2.01. The Morgan fingerprint density at radius 2 is 1.56 bits per heavy atom. The fraction of sp³-hybridized carbons (Fsp3) is 0.733. The van der Waals surface area contributed by atoms with Gasteiger partial charge in [0, 0.05) is 6.54 Å². The lowest BCUT2D eigenvalue weighted by Crippen LogP contribution is -2.56. The first kappa shape index (κ1) is 23.6. The molecule has 0 aliphatic heterocycles. The SMILES string of the molecule is CCC[C@H](NC(=O)[C@@H](N)CCC)C(=O)N[C@@H](CNC(=O)CI)C(=O)O. The molecule has 6 N–H and O–H groups in total. The first-order chi connectivity index (χ1) is 11.8. The van der Waals surface area contributed by atoms with Gasteiger partial charge in [0.05, 0.1) is 10.5 Å². The van der Waals surface area contributed by atoms with Crippen molar-refractivity contribution in [1.29, 1.82) is 0 Å². The van der Waals surface area contributed by atoms with Gasteiger partial charge >= 0.3 is 5.97 Å². The van der Waals surface area contributed by atoms with Crippen molar-refractivity contribution < 1.29 is 24.3 Å². The number of carbonyl (C=O) groups excluding carboxylic acids is 3. The molecule has 0 aromatic heterocycles. The minimum absolute atomic E-state index is 0.182. The molecule has 0 fully saturated rings. The molecule has 0 radical (unpaired) electrons. The van der Waals surface area contributed by atoms with E-state index in [9.17, 15) is 24.3 Å². The van der Waals surface area contributed by atoms with Gasteiger partial charge in [-0.15, -0.1) is 0 Å². The third-order valence-corrected chi connectivity index (χ3v) is 4.08. The van der Waals surface area contributed by atoms with Crippen LogP contribution in [0.2, 0.25) is 0 Å². The number of hydrogen-bond donors (Lipinski definition) is 5. The number of nitrogens with one attached hydrogen (secondary N) is 3. The largest absolute Gasteiger partial charge is 0.480 e. The van der Waals surface area contributed by atoms with Crippen molar-refractivity contribution >= 4 is 46.3 Å². The molecule has 0 rings (SSSR count). The molecule has 0 spiro atoms. The summed E-state index contributed by atoms with van der Waals surface area (Å²) in [6, 6.07) is -2.86. The van der Waals surface area contributed by atoms with Crippen LogP contribution < -0.4 is 21.7 Å². The molecule has 0 saturated heterocycles. The van der Waals surface area contributed by atoms with Crippen LogP contribution in [0.25, 0.3) is 0 Å². The normalized spacial score (nSPS) is 14.1. The quantitative estimate of drug-likeness (QED) is 0.192. The Bertz CT molecular complexity index is 475. The molecule has 144 valence electrons. The first-order valence-electron chi connectivity index (χ1n) is 8.18. The summed E-state index contributed by atoms with van der Waals surface area (Å²) in [5, 5.41) is 16.5. The zero-order valence-corrected chi connectivity index (χ0v) is 16.7. The summed E-state index contributed by atoms with van der Waals surface area (Å²) < 4.78 is 0.182. The molecule has 0 heterocycles. The Kier molecular flexibility index (Phi) is 12.1. The predicted octanol–water partition coefficient (Wildman–Crippen LogP) is -0.481. The van der Waals surface area contributed by atoms with E-state index in [0.717, 1.165) is 6.42 Å². The van der Waals surface area contributed by atoms with Gasteiger partial charge in [-0.1, -0.05) is 49.3 Å². The van der Waals surface area contributed by atoms with E-state index in [0.29, 0.717) is 19.3 Å². The van der Waals surface area contributed by atoms with Crippen LogP contribution >= 0.6 is 22.6 Å². The molecule has 0 aliphatic carbocycles. The van der Waals surface area contributed by atoms with Crippen LogP contribution in [0, 0.1) is 0 Å². The van der Waals surface area contributed by atoms with Crippen molar-refractivity contribution in [3.05, 3.63) is 0 Å². The van der Waals surface area contributed by atoms with E-state index in [-0.39, 0.29) is 16.9 Å². The lowest BCUT2D eigenvalue weighted by atomic mass is 10.1. The lowest BCUT2D eigenvalue weighted by molar-refractivity contribution is -0.142. The summed E-state index contributed by atoms with van der Waals surface area (Å²) in [5.74, 6) is -2.66. The highest BCUT2D eigenvalue weighted by Gasteiger charge is 2.27. The highest BCUT2D eigenvalue weighted by Crippen LogP contribution is 2.01. The van der Waals surface area contributed by atoms with Crippen molar-refractivity contribution in [2.75, 3.05) is 11.0 Å². The summed E-state index contributed by atoms with van der Waals surface area (Å²) in [4.78, 5) is 46.8. The number of carbonyl (C=O) groups is 4. The third kappa shape index (κ3) is 9.58. The van der Waals surface area contributed by atoms with Crippen molar-refractivity contribution in [2.45, 2.75) is 57.7 Å². The van der Waals surface area contributed by atoms with E-state index in [2.05, 4.69) is 16.0 Å². The van der Waals surface area contributed by atoms with Crippen LogP contribution in [0.5, 0.6) is 0 Å². The standard InChI is InChI=1S/C15H27IN4O5/c1-3-5-9(17)13(22)19-10(6-4-2)14(23)20-11(15(24)25)8-18-12(21)7-16/h9-11H,3-8,17H2,1-2H3,(H,18,21)(H,19,22)(H,20,23)(H,24,25)/t9-,10-,11-/m0/s1. The Morgan fingerprint density at radius 1 is 1.00 bits per heavy atom. The molecule has 0 aromatic rings. The number of carboxylic acids is 1. The van der Waals surface area contributed by atoms with Gasteiger partial charge in [-0.25, -0.2) is 4.79 Å². The van der Waals surface area contributed by atoms with Crippen molar-refractivity contribution in [3.8, 4) is 0 Å². The fourth-order valence-corrected chi connectivity index (χ4v) is 2.28. The minimum atomic E-state index is -1.28. The van der Waals surface area contributed by atoms with Gasteiger partial charge in [0.25, 0.3) is 0 Å². The summed E-state index contributed by atoms with van der Waals surface area (Å²) in [5.41, 5.74) is 5.73. The van der Waals surface area contributed by atoms with Gasteiger partial charge in [0.1, 0.15) is 12.1 Å². The maximum atomic E-state index is 12.3. The topological polar surface area (TPSA) is 151 Å². The number of carboxylic acid groups (broad SMARTS) is 1. The van der Waals surface area contributed by atoms with E-state index < -0.39 is 35.9 Å². The van der Waals surface area contributed by atoms with Crippen LogP contribution in [0.4, 0.5) is 0 Å². The molecule has 25 heavy (non-hydrogen) atoms. The third-order valence-electron chi connectivity index (χ3n) is 3.39. The van der Waals surface area contributed by atoms with Crippen molar-refractivity contribution in [1.82, 2.24) is 16.0 Å². The molecule has 10 heteroatoms. The van der Waals surface area contributed by atoms with Gasteiger partial charge in [-0.05, 0) is 12.8 Å². The lowest BCUT2D eigenvalue weighted by Gasteiger charge is -2.22. The van der Waals surface area contributed by atoms with Gasteiger partial charge in [-0.2, -0.15) is 0 Å². The summed E-state index contributed by atoms with van der Waals surface area (Å²) in [7, 11) is 0. The Labute approximate surface area is 161 Å². The van der Waals surface area contributed by atoms with E-state index in [1.807, 2.05) is 36.4 Å².